The van der Waals surface area contributed by atoms with Crippen LogP contribution in [0.25, 0.3) is 10.2 Å². The van der Waals surface area contributed by atoms with E-state index in [2.05, 4.69) is 20.3 Å². The molecule has 0 bridgehead atoms. The normalized spacial score (nSPS) is 21.9. The monoisotopic (exact) mass is 690 g/mol. The van der Waals surface area contributed by atoms with Gasteiger partial charge < -0.3 is 38.1 Å². The summed E-state index contributed by atoms with van der Waals surface area (Å²) in [4.78, 5) is 72.3. The van der Waals surface area contributed by atoms with Crippen molar-refractivity contribution in [1.82, 2.24) is 29.9 Å². The molecule has 0 radical (unpaired) electrons. The van der Waals surface area contributed by atoms with Crippen LogP contribution in [-0.4, -0.2) is 104 Å². The Morgan fingerprint density at radius 1 is 0.938 bits per heavy atom. The molecular formula is C29H34N6O12S. The molecule has 5 heterocycles. The van der Waals surface area contributed by atoms with E-state index in [1.54, 1.807) is 11.8 Å². The number of carbonyl (C=O) groups excluding carboxylic acids is 5. The lowest BCUT2D eigenvalue weighted by atomic mass is 9.97. The number of amides is 1. The van der Waals surface area contributed by atoms with Crippen LogP contribution in [0.4, 0.5) is 4.79 Å². The van der Waals surface area contributed by atoms with Gasteiger partial charge in [-0.05, 0) is 18.9 Å². The van der Waals surface area contributed by atoms with Crippen molar-refractivity contribution >= 4 is 51.5 Å². The van der Waals surface area contributed by atoms with Gasteiger partial charge in [0, 0.05) is 39.1 Å². The van der Waals surface area contributed by atoms with E-state index in [0.717, 1.165) is 36.6 Å². The van der Waals surface area contributed by atoms with Gasteiger partial charge in [-0.3, -0.25) is 19.2 Å². The van der Waals surface area contributed by atoms with Crippen LogP contribution >= 0.6 is 11.3 Å². The Kier molecular flexibility index (Phi) is 10.7. The van der Waals surface area contributed by atoms with E-state index in [1.165, 1.54) is 35.5 Å². The maximum absolute atomic E-state index is 12.3. The predicted molar refractivity (Wildman–Crippen MR) is 160 cm³/mol. The number of nitrogens with zero attached hydrogens (tertiary/aromatic N) is 6. The molecule has 2 aliphatic rings. The maximum atomic E-state index is 12.3. The van der Waals surface area contributed by atoms with Crippen LogP contribution in [0.3, 0.4) is 0 Å². The number of hydrogen-bond acceptors (Lipinski definition) is 17. The molecule has 19 heteroatoms. The summed E-state index contributed by atoms with van der Waals surface area (Å²) in [6, 6.07) is 0. The Labute approximate surface area is 277 Å². The average Bonchev–Trinajstić information content (AvgIpc) is 3.65. The molecule has 5 rings (SSSR count). The van der Waals surface area contributed by atoms with Gasteiger partial charge in [-0.2, -0.15) is 0 Å². The van der Waals surface area contributed by atoms with E-state index in [4.69, 9.17) is 33.2 Å². The van der Waals surface area contributed by atoms with Crippen molar-refractivity contribution in [3.8, 4) is 5.88 Å². The van der Waals surface area contributed by atoms with E-state index in [9.17, 15) is 24.0 Å². The largest absolute Gasteiger partial charge is 0.470 e. The first-order valence-corrected chi connectivity index (χ1v) is 15.8. The number of fused-ring (bicyclic) bond motifs is 3. The molecule has 18 nitrogen and oxygen atoms in total. The molecule has 1 saturated heterocycles. The Morgan fingerprint density at radius 2 is 1.65 bits per heavy atom. The molecule has 5 atom stereocenters. The van der Waals surface area contributed by atoms with E-state index in [1.807, 2.05) is 0 Å². The molecule has 1 fully saturated rings. The molecular weight excluding hydrogens is 656 g/mol. The van der Waals surface area contributed by atoms with Crippen LogP contribution < -0.4 is 4.74 Å². The number of rotatable bonds is 10. The summed E-state index contributed by atoms with van der Waals surface area (Å²) in [5.41, 5.74) is 1.32. The minimum Gasteiger partial charge on any atom is -0.470 e. The minimum atomic E-state index is -1.36. The Morgan fingerprint density at radius 3 is 2.33 bits per heavy atom. The van der Waals surface area contributed by atoms with Crippen LogP contribution in [0.15, 0.2) is 12.5 Å². The third-order valence-corrected chi connectivity index (χ3v) is 8.39. The van der Waals surface area contributed by atoms with Gasteiger partial charge in [0.1, 0.15) is 36.2 Å². The van der Waals surface area contributed by atoms with E-state index in [-0.39, 0.29) is 25.9 Å². The highest BCUT2D eigenvalue weighted by Crippen LogP contribution is 2.39. The zero-order chi connectivity index (χ0) is 34.5. The molecule has 0 aliphatic carbocycles. The van der Waals surface area contributed by atoms with Crippen LogP contribution in [0, 0.1) is 0 Å². The van der Waals surface area contributed by atoms with Gasteiger partial charge in [0.25, 0.3) is 0 Å². The van der Waals surface area contributed by atoms with Crippen molar-refractivity contribution in [3.63, 3.8) is 0 Å². The zero-order valence-electron chi connectivity index (χ0n) is 26.8. The van der Waals surface area contributed by atoms with Gasteiger partial charge in [-0.25, -0.2) is 19.4 Å². The standard InChI is InChI=1S/C29H34N6O12S/c1-6-41-29(40)34-8-7-19-21(10-34)48-27-22(19)26(30-13-31-27)43-11-18-9-35(33-32-18)28-25(46-17(5)39)24(45-16(4)38)23(44-15(3)37)20(47-28)12-42-14(2)36/h9,13,20,23-25,28H,6-8,10-12H2,1-5H3/t20?,23-,24-,25?,28+/m0/s1. The van der Waals surface area contributed by atoms with Crippen molar-refractivity contribution in [2.75, 3.05) is 19.8 Å². The summed E-state index contributed by atoms with van der Waals surface area (Å²) in [6.07, 6.45) is -3.38. The molecule has 3 aromatic rings. The minimum absolute atomic E-state index is 0.0863. The number of thiophene rings is 1. The van der Waals surface area contributed by atoms with Crippen LogP contribution in [0.1, 0.15) is 57.0 Å². The number of esters is 4. The van der Waals surface area contributed by atoms with Crippen molar-refractivity contribution < 1.29 is 57.1 Å². The van der Waals surface area contributed by atoms with Gasteiger partial charge >= 0.3 is 30.0 Å². The highest BCUT2D eigenvalue weighted by molar-refractivity contribution is 7.18. The second kappa shape index (κ2) is 14.9. The van der Waals surface area contributed by atoms with Crippen LogP contribution in [0.5, 0.6) is 5.88 Å². The first kappa shape index (κ1) is 34.4. The quantitative estimate of drug-likeness (QED) is 0.219. The summed E-state index contributed by atoms with van der Waals surface area (Å²) in [5.74, 6) is -2.55. The van der Waals surface area contributed by atoms with E-state index in [0.29, 0.717) is 35.9 Å². The molecule has 0 aromatic carbocycles. The van der Waals surface area contributed by atoms with Crippen molar-refractivity contribution in [2.24, 2.45) is 0 Å². The smallest absolute Gasteiger partial charge is 0.410 e. The lowest BCUT2D eigenvalue weighted by molar-refractivity contribution is -0.270. The van der Waals surface area contributed by atoms with Crippen molar-refractivity contribution in [3.05, 3.63) is 28.7 Å². The fraction of sp³-hybridized carbons (Fsp3) is 0.552. The summed E-state index contributed by atoms with van der Waals surface area (Å²) < 4.78 is 40.1. The molecule has 0 spiro atoms. The summed E-state index contributed by atoms with van der Waals surface area (Å²) in [6.45, 7) is 7.04. The molecule has 0 N–H and O–H groups in total. The highest BCUT2D eigenvalue weighted by Gasteiger charge is 2.53. The second-order valence-electron chi connectivity index (χ2n) is 10.8. The predicted octanol–water partition coefficient (Wildman–Crippen LogP) is 1.63. The molecule has 1 amide bonds. The number of aromatic nitrogens is 5. The fourth-order valence-corrected chi connectivity index (χ4v) is 6.64. The second-order valence-corrected chi connectivity index (χ2v) is 11.9. The molecule has 2 unspecified atom stereocenters. The fourth-order valence-electron chi connectivity index (χ4n) is 5.44. The van der Waals surface area contributed by atoms with Crippen LogP contribution in [0.2, 0.25) is 0 Å². The number of carbonyl (C=O) groups is 5. The van der Waals surface area contributed by atoms with Gasteiger partial charge in [0.15, 0.2) is 24.5 Å². The molecule has 3 aromatic heterocycles. The third-order valence-electron chi connectivity index (χ3n) is 7.27. The Hall–Kier alpha value is -4.91. The van der Waals surface area contributed by atoms with Crippen molar-refractivity contribution in [2.45, 2.75) is 84.8 Å². The number of hydrogen-bond donors (Lipinski definition) is 0. The van der Waals surface area contributed by atoms with E-state index < -0.39 is 54.5 Å². The first-order chi connectivity index (χ1) is 22.9. The van der Waals surface area contributed by atoms with E-state index >= 15 is 0 Å². The average molecular weight is 691 g/mol. The molecule has 258 valence electrons. The van der Waals surface area contributed by atoms with Gasteiger partial charge in [0.2, 0.25) is 5.88 Å². The summed E-state index contributed by atoms with van der Waals surface area (Å²) >= 11 is 1.45. The van der Waals surface area contributed by atoms with Crippen molar-refractivity contribution in [1.29, 1.82) is 0 Å². The first-order valence-electron chi connectivity index (χ1n) is 15.0. The topological polar surface area (TPSA) is 210 Å². The lowest BCUT2D eigenvalue weighted by Gasteiger charge is -2.44. The highest BCUT2D eigenvalue weighted by atomic mass is 32.1. The Balaban J connectivity index is 1.39. The van der Waals surface area contributed by atoms with Gasteiger partial charge in [-0.1, -0.05) is 5.21 Å². The molecule has 2 aliphatic heterocycles. The third kappa shape index (κ3) is 7.79. The zero-order valence-corrected chi connectivity index (χ0v) is 27.6. The van der Waals surface area contributed by atoms with Gasteiger partial charge in [0.05, 0.1) is 24.7 Å². The Bertz CT molecular complexity index is 1690. The van der Waals surface area contributed by atoms with Gasteiger partial charge in [-0.15, -0.1) is 16.4 Å². The summed E-state index contributed by atoms with van der Waals surface area (Å²) in [5, 5.41) is 9.04. The maximum Gasteiger partial charge on any atom is 0.410 e. The molecule has 48 heavy (non-hydrogen) atoms. The molecule has 0 saturated carbocycles. The number of ether oxygens (including phenoxy) is 7. The lowest BCUT2D eigenvalue weighted by Crippen LogP contribution is -2.60. The summed E-state index contributed by atoms with van der Waals surface area (Å²) in [7, 11) is 0. The van der Waals surface area contributed by atoms with Crippen LogP contribution in [-0.2, 0) is 67.2 Å². The SMILES string of the molecule is CCOC(=O)N1CCc2c(sc3ncnc(OCc4cn([C@@H]5OC(COC(C)=O)[C@H](OC(C)=O)[C@H](OC(C)=O)C5OC(C)=O)nn4)c23)C1.